The number of rotatable bonds is 5. The molecule has 3 N–H and O–H groups in total. The van der Waals surface area contributed by atoms with Crippen molar-refractivity contribution in [3.8, 4) is 0 Å². The molecule has 0 saturated carbocycles. The van der Waals surface area contributed by atoms with E-state index in [4.69, 9.17) is 5.73 Å². The van der Waals surface area contributed by atoms with Gasteiger partial charge in [-0.05, 0) is 62.2 Å². The van der Waals surface area contributed by atoms with Crippen molar-refractivity contribution in [1.82, 2.24) is 24.9 Å². The van der Waals surface area contributed by atoms with Gasteiger partial charge in [0.05, 0.1) is 30.4 Å². The zero-order valence-corrected chi connectivity index (χ0v) is 20.1. The van der Waals surface area contributed by atoms with Crippen LogP contribution >= 0.6 is 0 Å². The van der Waals surface area contributed by atoms with E-state index in [0.717, 1.165) is 57.4 Å². The third-order valence-electron chi connectivity index (χ3n) is 7.81. The van der Waals surface area contributed by atoms with E-state index in [1.807, 2.05) is 27.9 Å². The third kappa shape index (κ3) is 5.40. The number of amides is 3. The Kier molecular flexibility index (Phi) is 6.86. The first-order valence-electron chi connectivity index (χ1n) is 12.7. The van der Waals surface area contributed by atoms with Crippen molar-refractivity contribution in [2.24, 2.45) is 0 Å². The monoisotopic (exact) mass is 478 g/mol. The SMILES string of the molecule is Nc1cnn(C2CCN(C(=O)CN3CCC(c4ccc(C5CCC(=O)NC5=O)cc4)CC3)CC2)c1. The van der Waals surface area contributed by atoms with Gasteiger partial charge in [0.25, 0.3) is 0 Å². The number of likely N-dealkylation sites (tertiary alicyclic amines) is 2. The second-order valence-electron chi connectivity index (χ2n) is 10.1. The fraction of sp³-hybridized carbons (Fsp3) is 0.538. The molecule has 1 atom stereocenters. The molecule has 1 aromatic carbocycles. The minimum absolute atomic E-state index is 0.183. The van der Waals surface area contributed by atoms with Gasteiger partial charge in [0.15, 0.2) is 0 Å². The zero-order valence-electron chi connectivity index (χ0n) is 20.1. The van der Waals surface area contributed by atoms with E-state index in [0.29, 0.717) is 37.0 Å². The number of imide groups is 1. The molecule has 4 heterocycles. The summed E-state index contributed by atoms with van der Waals surface area (Å²) in [7, 11) is 0. The molecule has 0 bridgehead atoms. The Bertz CT molecular complexity index is 1070. The molecule has 0 spiro atoms. The number of carbonyl (C=O) groups excluding carboxylic acids is 3. The van der Waals surface area contributed by atoms with Crippen molar-refractivity contribution in [3.63, 3.8) is 0 Å². The van der Waals surface area contributed by atoms with Gasteiger partial charge in [0, 0.05) is 25.7 Å². The molecule has 1 unspecified atom stereocenters. The number of benzene rings is 1. The van der Waals surface area contributed by atoms with E-state index in [2.05, 4.69) is 27.4 Å². The van der Waals surface area contributed by atoms with Crippen LogP contribution in [0.3, 0.4) is 0 Å². The zero-order chi connectivity index (χ0) is 24.4. The van der Waals surface area contributed by atoms with Crippen molar-refractivity contribution in [2.75, 3.05) is 38.5 Å². The van der Waals surface area contributed by atoms with Crippen molar-refractivity contribution in [3.05, 3.63) is 47.8 Å². The summed E-state index contributed by atoms with van der Waals surface area (Å²) in [4.78, 5) is 40.7. The number of hydrogen-bond acceptors (Lipinski definition) is 6. The van der Waals surface area contributed by atoms with E-state index >= 15 is 0 Å². The van der Waals surface area contributed by atoms with Gasteiger partial charge in [0.1, 0.15) is 0 Å². The van der Waals surface area contributed by atoms with Gasteiger partial charge in [-0.15, -0.1) is 0 Å². The van der Waals surface area contributed by atoms with Gasteiger partial charge in [0.2, 0.25) is 17.7 Å². The number of nitrogens with one attached hydrogen (secondary N) is 1. The average molecular weight is 479 g/mol. The summed E-state index contributed by atoms with van der Waals surface area (Å²) in [5, 5.41) is 6.76. The van der Waals surface area contributed by atoms with Crippen molar-refractivity contribution >= 4 is 23.4 Å². The van der Waals surface area contributed by atoms with Gasteiger partial charge in [-0.2, -0.15) is 5.10 Å². The molecule has 186 valence electrons. The molecule has 0 aliphatic carbocycles. The predicted octanol–water partition coefficient (Wildman–Crippen LogP) is 2.03. The number of hydrogen-bond donors (Lipinski definition) is 2. The quantitative estimate of drug-likeness (QED) is 0.636. The highest BCUT2D eigenvalue weighted by atomic mass is 16.2. The van der Waals surface area contributed by atoms with Crippen LogP contribution in [0.15, 0.2) is 36.7 Å². The van der Waals surface area contributed by atoms with Crippen LogP contribution in [0.2, 0.25) is 0 Å². The smallest absolute Gasteiger partial charge is 0.236 e. The number of nitrogens with zero attached hydrogens (tertiary/aromatic N) is 4. The van der Waals surface area contributed by atoms with Crippen LogP contribution in [0.5, 0.6) is 0 Å². The maximum atomic E-state index is 12.9. The third-order valence-corrected chi connectivity index (χ3v) is 7.81. The molecule has 3 aliphatic heterocycles. The maximum absolute atomic E-state index is 12.9. The fourth-order valence-electron chi connectivity index (χ4n) is 5.66. The number of aromatic nitrogens is 2. The summed E-state index contributed by atoms with van der Waals surface area (Å²) >= 11 is 0. The first-order valence-corrected chi connectivity index (χ1v) is 12.7. The maximum Gasteiger partial charge on any atom is 0.236 e. The number of nitrogen functional groups attached to an aromatic ring is 1. The number of piperidine rings is 3. The molecule has 3 fully saturated rings. The lowest BCUT2D eigenvalue weighted by Crippen LogP contribution is -2.46. The van der Waals surface area contributed by atoms with E-state index in [1.54, 1.807) is 6.20 Å². The fourth-order valence-corrected chi connectivity index (χ4v) is 5.66. The van der Waals surface area contributed by atoms with Gasteiger partial charge in [-0.25, -0.2) is 0 Å². The standard InChI is InChI=1S/C26H34N6O3/c27-21-15-28-32(16-21)22-9-13-31(14-10-22)25(34)17-30-11-7-19(8-12-30)18-1-3-20(4-2-18)23-5-6-24(33)29-26(23)35/h1-4,15-16,19,22-23H,5-14,17,27H2,(H,29,33,35). The van der Waals surface area contributed by atoms with Crippen LogP contribution in [0.4, 0.5) is 5.69 Å². The molecule has 3 amide bonds. The van der Waals surface area contributed by atoms with Gasteiger partial charge >= 0.3 is 0 Å². The molecule has 35 heavy (non-hydrogen) atoms. The summed E-state index contributed by atoms with van der Waals surface area (Å²) in [6.45, 7) is 3.84. The summed E-state index contributed by atoms with van der Waals surface area (Å²) in [6.07, 6.45) is 8.37. The predicted molar refractivity (Wildman–Crippen MR) is 131 cm³/mol. The van der Waals surface area contributed by atoms with Crippen LogP contribution in [0.1, 0.15) is 67.5 Å². The summed E-state index contributed by atoms with van der Waals surface area (Å²) in [6, 6.07) is 8.64. The Balaban J connectivity index is 1.07. The Hall–Kier alpha value is -3.20. The largest absolute Gasteiger partial charge is 0.396 e. The first kappa shape index (κ1) is 23.5. The summed E-state index contributed by atoms with van der Waals surface area (Å²) < 4.78 is 1.93. The Morgan fingerprint density at radius 1 is 0.971 bits per heavy atom. The second kappa shape index (κ2) is 10.2. The Morgan fingerprint density at radius 3 is 2.29 bits per heavy atom. The first-order chi connectivity index (χ1) is 17.0. The molecular weight excluding hydrogens is 444 g/mol. The lowest BCUT2D eigenvalue weighted by atomic mass is 9.86. The highest BCUT2D eigenvalue weighted by Crippen LogP contribution is 2.31. The van der Waals surface area contributed by atoms with Crippen LogP contribution in [-0.2, 0) is 14.4 Å². The van der Waals surface area contributed by atoms with E-state index in [1.165, 1.54) is 5.56 Å². The van der Waals surface area contributed by atoms with Crippen molar-refractivity contribution in [2.45, 2.75) is 56.4 Å². The molecule has 5 rings (SSSR count). The van der Waals surface area contributed by atoms with Gasteiger partial charge < -0.3 is 10.6 Å². The highest BCUT2D eigenvalue weighted by Gasteiger charge is 2.29. The summed E-state index contributed by atoms with van der Waals surface area (Å²) in [5.74, 6) is 0.0713. The van der Waals surface area contributed by atoms with Crippen molar-refractivity contribution < 1.29 is 14.4 Å². The molecule has 9 nitrogen and oxygen atoms in total. The number of nitrogens with two attached hydrogens (primary N) is 1. The molecule has 3 saturated heterocycles. The highest BCUT2D eigenvalue weighted by molar-refractivity contribution is 6.00. The molecule has 2 aromatic rings. The van der Waals surface area contributed by atoms with E-state index < -0.39 is 0 Å². The lowest BCUT2D eigenvalue weighted by molar-refractivity contribution is -0.135. The lowest BCUT2D eigenvalue weighted by Gasteiger charge is -2.36. The topological polar surface area (TPSA) is 114 Å². The Labute approximate surface area is 205 Å². The average Bonchev–Trinajstić information content (AvgIpc) is 3.31. The molecular formula is C26H34N6O3. The minimum atomic E-state index is -0.239. The Morgan fingerprint density at radius 2 is 1.66 bits per heavy atom. The van der Waals surface area contributed by atoms with Gasteiger partial charge in [-0.1, -0.05) is 24.3 Å². The van der Waals surface area contributed by atoms with Crippen LogP contribution in [0.25, 0.3) is 0 Å². The van der Waals surface area contributed by atoms with Gasteiger partial charge in [-0.3, -0.25) is 29.3 Å². The number of carbonyl (C=O) groups is 3. The summed E-state index contributed by atoms with van der Waals surface area (Å²) in [5.41, 5.74) is 8.72. The number of anilines is 1. The minimum Gasteiger partial charge on any atom is -0.396 e. The van der Waals surface area contributed by atoms with Crippen LogP contribution < -0.4 is 11.1 Å². The molecule has 3 aliphatic rings. The van der Waals surface area contributed by atoms with E-state index in [9.17, 15) is 14.4 Å². The van der Waals surface area contributed by atoms with Crippen LogP contribution in [-0.4, -0.2) is 70.0 Å². The molecule has 9 heteroatoms. The molecule has 0 radical (unpaired) electrons. The normalized spacial score (nSPS) is 22.9. The molecule has 1 aromatic heterocycles. The van der Waals surface area contributed by atoms with E-state index in [-0.39, 0.29) is 23.6 Å². The van der Waals surface area contributed by atoms with Crippen LogP contribution in [0, 0.1) is 0 Å². The second-order valence-corrected chi connectivity index (χ2v) is 10.1. The van der Waals surface area contributed by atoms with Crippen molar-refractivity contribution in [1.29, 1.82) is 0 Å².